The average molecular weight is 366 g/mol. The summed E-state index contributed by atoms with van der Waals surface area (Å²) in [4.78, 5) is 17.3. The number of hydrogen-bond donors (Lipinski definition) is 0. The zero-order valence-corrected chi connectivity index (χ0v) is 16.4. The fraction of sp³-hybridized carbons (Fsp3) is 0.632. The van der Waals surface area contributed by atoms with E-state index in [9.17, 15) is 4.79 Å². The highest BCUT2D eigenvalue weighted by Crippen LogP contribution is 2.38. The van der Waals surface area contributed by atoms with Crippen LogP contribution in [0, 0.1) is 0 Å². The van der Waals surface area contributed by atoms with Crippen molar-refractivity contribution in [3.63, 3.8) is 0 Å². The van der Waals surface area contributed by atoms with Crippen molar-refractivity contribution in [1.29, 1.82) is 0 Å². The number of benzene rings is 1. The van der Waals surface area contributed by atoms with Crippen LogP contribution in [-0.4, -0.2) is 83.5 Å². The first-order valence-electron chi connectivity index (χ1n) is 8.85. The summed E-state index contributed by atoms with van der Waals surface area (Å²) >= 11 is 0. The highest BCUT2D eigenvalue weighted by molar-refractivity contribution is 5.96. The number of carbonyl (C=O) groups is 1. The van der Waals surface area contributed by atoms with Crippen LogP contribution in [0.2, 0.25) is 0 Å². The molecule has 0 aromatic heterocycles. The topological polar surface area (TPSA) is 60.5 Å². The molecule has 1 aliphatic rings. The summed E-state index contributed by atoms with van der Waals surface area (Å²) in [6.07, 6.45) is 1.70. The average Bonchev–Trinajstić information content (AvgIpc) is 2.67. The Labute approximate surface area is 155 Å². The monoisotopic (exact) mass is 366 g/mol. The van der Waals surface area contributed by atoms with Gasteiger partial charge in [-0.05, 0) is 39.1 Å². The lowest BCUT2D eigenvalue weighted by atomic mass is 10.0. The maximum Gasteiger partial charge on any atom is 0.254 e. The van der Waals surface area contributed by atoms with Crippen LogP contribution in [0.15, 0.2) is 12.1 Å². The number of nitrogens with zero attached hydrogens (tertiary/aromatic N) is 2. The predicted molar refractivity (Wildman–Crippen MR) is 99.5 cm³/mol. The van der Waals surface area contributed by atoms with Gasteiger partial charge in [0.15, 0.2) is 11.5 Å². The van der Waals surface area contributed by atoms with E-state index in [1.165, 1.54) is 0 Å². The van der Waals surface area contributed by atoms with Crippen LogP contribution in [0.5, 0.6) is 17.2 Å². The van der Waals surface area contributed by atoms with Crippen LogP contribution < -0.4 is 14.2 Å². The quantitative estimate of drug-likeness (QED) is 0.700. The molecule has 0 aliphatic carbocycles. The van der Waals surface area contributed by atoms with Crippen molar-refractivity contribution in [3.05, 3.63) is 17.7 Å². The molecule has 0 unspecified atom stereocenters. The molecule has 0 N–H and O–H groups in total. The smallest absolute Gasteiger partial charge is 0.254 e. The number of ether oxygens (including phenoxy) is 4. The molecule has 1 aliphatic heterocycles. The van der Waals surface area contributed by atoms with E-state index in [4.69, 9.17) is 18.9 Å². The highest BCUT2D eigenvalue weighted by atomic mass is 16.5. The van der Waals surface area contributed by atoms with Gasteiger partial charge in [-0.15, -0.1) is 0 Å². The van der Waals surface area contributed by atoms with Crippen LogP contribution in [0.1, 0.15) is 23.2 Å². The van der Waals surface area contributed by atoms with E-state index in [1.54, 1.807) is 33.5 Å². The molecule has 0 bridgehead atoms. The van der Waals surface area contributed by atoms with Gasteiger partial charge in [0, 0.05) is 37.9 Å². The van der Waals surface area contributed by atoms with Crippen molar-refractivity contribution >= 4 is 5.91 Å². The third-order valence-electron chi connectivity index (χ3n) is 4.59. The van der Waals surface area contributed by atoms with Crippen molar-refractivity contribution in [2.24, 2.45) is 0 Å². The normalized spacial score (nSPS) is 15.0. The second kappa shape index (κ2) is 9.64. The first-order valence-corrected chi connectivity index (χ1v) is 8.85. The summed E-state index contributed by atoms with van der Waals surface area (Å²) in [5.41, 5.74) is 0.532. The Morgan fingerprint density at radius 3 is 2.08 bits per heavy atom. The van der Waals surface area contributed by atoms with E-state index in [-0.39, 0.29) is 11.9 Å². The fourth-order valence-electron chi connectivity index (χ4n) is 3.12. The van der Waals surface area contributed by atoms with Crippen LogP contribution >= 0.6 is 0 Å². The summed E-state index contributed by atoms with van der Waals surface area (Å²) in [5, 5.41) is 0. The number of amides is 1. The number of likely N-dealkylation sites (N-methyl/N-ethyl adjacent to an activating group) is 1. The Kier molecular flexibility index (Phi) is 7.53. The summed E-state index contributed by atoms with van der Waals surface area (Å²) in [6.45, 7) is 2.83. The van der Waals surface area contributed by atoms with Gasteiger partial charge in [0.05, 0.1) is 21.3 Å². The van der Waals surface area contributed by atoms with Gasteiger partial charge in [-0.2, -0.15) is 0 Å². The van der Waals surface area contributed by atoms with E-state index < -0.39 is 0 Å². The lowest BCUT2D eigenvalue weighted by Crippen LogP contribution is -2.46. The molecule has 7 nitrogen and oxygen atoms in total. The molecule has 2 rings (SSSR count). The molecular formula is C19H30N2O5. The molecule has 26 heavy (non-hydrogen) atoms. The van der Waals surface area contributed by atoms with E-state index in [0.717, 1.165) is 19.4 Å². The summed E-state index contributed by atoms with van der Waals surface area (Å²) in [5.74, 6) is 1.42. The van der Waals surface area contributed by atoms with Crippen molar-refractivity contribution < 1.29 is 23.7 Å². The molecule has 1 heterocycles. The summed E-state index contributed by atoms with van der Waals surface area (Å²) < 4.78 is 21.6. The summed E-state index contributed by atoms with van der Waals surface area (Å²) in [7, 11) is 8.66. The largest absolute Gasteiger partial charge is 0.493 e. The van der Waals surface area contributed by atoms with Gasteiger partial charge in [-0.3, -0.25) is 4.79 Å². The Morgan fingerprint density at radius 1 is 1.04 bits per heavy atom. The number of rotatable bonds is 8. The molecule has 0 radical (unpaired) electrons. The standard InChI is InChI=1S/C19H30N2O5/c1-20(2)8-9-21(15-6-10-26-11-7-15)19(22)14-12-16(23-3)18(25-5)17(13-14)24-4/h12-13,15H,6-11H2,1-5H3. The van der Waals surface area contributed by atoms with Crippen molar-refractivity contribution in [2.75, 3.05) is 61.7 Å². The number of methoxy groups -OCH3 is 3. The van der Waals surface area contributed by atoms with Crippen molar-refractivity contribution in [3.8, 4) is 17.2 Å². The SMILES string of the molecule is COc1cc(C(=O)N(CCN(C)C)C2CCOCC2)cc(OC)c1OC. The molecular weight excluding hydrogens is 336 g/mol. The zero-order valence-electron chi connectivity index (χ0n) is 16.4. The second-order valence-corrected chi connectivity index (χ2v) is 6.56. The van der Waals surface area contributed by atoms with Crippen LogP contribution in [-0.2, 0) is 4.74 Å². The van der Waals surface area contributed by atoms with Crippen molar-refractivity contribution in [1.82, 2.24) is 9.80 Å². The highest BCUT2D eigenvalue weighted by Gasteiger charge is 2.28. The van der Waals surface area contributed by atoms with Crippen LogP contribution in [0.3, 0.4) is 0 Å². The molecule has 0 atom stereocenters. The maximum absolute atomic E-state index is 13.3. The van der Waals surface area contributed by atoms with Gasteiger partial charge in [-0.1, -0.05) is 0 Å². The molecule has 7 heteroatoms. The molecule has 1 amide bonds. The second-order valence-electron chi connectivity index (χ2n) is 6.56. The third-order valence-corrected chi connectivity index (χ3v) is 4.59. The minimum absolute atomic E-state index is 0.0296. The number of hydrogen-bond acceptors (Lipinski definition) is 6. The zero-order chi connectivity index (χ0) is 19.1. The van der Waals surface area contributed by atoms with E-state index in [0.29, 0.717) is 42.6 Å². The van der Waals surface area contributed by atoms with Crippen LogP contribution in [0.25, 0.3) is 0 Å². The summed E-state index contributed by atoms with van der Waals surface area (Å²) in [6, 6.07) is 3.60. The first kappa shape index (κ1) is 20.3. The Bertz CT molecular complexity index is 575. The van der Waals surface area contributed by atoms with Gasteiger partial charge in [0.25, 0.3) is 5.91 Å². The molecule has 1 fully saturated rings. The molecule has 146 valence electrons. The third kappa shape index (κ3) is 4.80. The van der Waals surface area contributed by atoms with E-state index in [1.807, 2.05) is 19.0 Å². The minimum Gasteiger partial charge on any atom is -0.493 e. The fourth-order valence-corrected chi connectivity index (χ4v) is 3.12. The van der Waals surface area contributed by atoms with Crippen molar-refractivity contribution in [2.45, 2.75) is 18.9 Å². The van der Waals surface area contributed by atoms with Crippen LogP contribution in [0.4, 0.5) is 0 Å². The lowest BCUT2D eigenvalue weighted by Gasteiger charge is -2.35. The van der Waals surface area contributed by atoms with Gasteiger partial charge in [-0.25, -0.2) is 0 Å². The molecule has 0 saturated carbocycles. The molecule has 0 spiro atoms. The Hall–Kier alpha value is -1.99. The van der Waals surface area contributed by atoms with Gasteiger partial charge in [0.2, 0.25) is 5.75 Å². The molecule has 1 aromatic rings. The van der Waals surface area contributed by atoms with Gasteiger partial charge >= 0.3 is 0 Å². The predicted octanol–water partition coefficient (Wildman–Crippen LogP) is 1.90. The Morgan fingerprint density at radius 2 is 1.62 bits per heavy atom. The van der Waals surface area contributed by atoms with E-state index in [2.05, 4.69) is 4.90 Å². The molecule has 1 aromatic carbocycles. The first-order chi connectivity index (χ1) is 12.5. The van der Waals surface area contributed by atoms with Gasteiger partial charge in [0.1, 0.15) is 0 Å². The number of carbonyl (C=O) groups excluding carboxylic acids is 1. The Balaban J connectivity index is 2.33. The van der Waals surface area contributed by atoms with E-state index >= 15 is 0 Å². The van der Waals surface area contributed by atoms with Gasteiger partial charge < -0.3 is 28.7 Å². The molecule has 1 saturated heterocycles. The lowest BCUT2D eigenvalue weighted by molar-refractivity contribution is 0.0275. The maximum atomic E-state index is 13.3. The minimum atomic E-state index is -0.0296.